The van der Waals surface area contributed by atoms with Gasteiger partial charge in [0.25, 0.3) is 5.91 Å². The molecule has 0 N–H and O–H groups in total. The smallest absolute Gasteiger partial charge is 0.253 e. The molecule has 5 heteroatoms. The molecule has 0 radical (unpaired) electrons. The molecule has 1 aliphatic heterocycles. The van der Waals surface area contributed by atoms with Gasteiger partial charge in [-0.25, -0.2) is 4.98 Å². The summed E-state index contributed by atoms with van der Waals surface area (Å²) >= 11 is 0. The molecule has 0 bridgehead atoms. The van der Waals surface area contributed by atoms with Crippen LogP contribution in [0, 0.1) is 0 Å². The highest BCUT2D eigenvalue weighted by Crippen LogP contribution is 2.23. The molecule has 0 aliphatic carbocycles. The van der Waals surface area contributed by atoms with E-state index in [0.29, 0.717) is 0 Å². The van der Waals surface area contributed by atoms with Crippen molar-refractivity contribution < 1.29 is 4.79 Å². The molecule has 1 saturated heterocycles. The lowest BCUT2D eigenvalue weighted by Crippen LogP contribution is -2.49. The molecule has 1 amide bonds. The topological polar surface area (TPSA) is 41.4 Å². The van der Waals surface area contributed by atoms with Crippen LogP contribution in [0.25, 0.3) is 11.4 Å². The highest BCUT2D eigenvalue weighted by atomic mass is 16.2. The van der Waals surface area contributed by atoms with Crippen LogP contribution in [0.1, 0.15) is 36.7 Å². The van der Waals surface area contributed by atoms with Crippen LogP contribution >= 0.6 is 0 Å². The molecule has 31 heavy (non-hydrogen) atoms. The Balaban J connectivity index is 1.30. The largest absolute Gasteiger partial charge is 0.336 e. The summed E-state index contributed by atoms with van der Waals surface area (Å²) in [5.41, 5.74) is 3.28. The van der Waals surface area contributed by atoms with Crippen LogP contribution in [-0.2, 0) is 12.0 Å². The van der Waals surface area contributed by atoms with Crippen LogP contribution in [0.15, 0.2) is 67.0 Å². The number of amides is 1. The molecule has 1 fully saturated rings. The predicted molar refractivity (Wildman–Crippen MR) is 125 cm³/mol. The van der Waals surface area contributed by atoms with Gasteiger partial charge in [-0.15, -0.1) is 0 Å². The second kappa shape index (κ2) is 9.06. The van der Waals surface area contributed by atoms with Crippen molar-refractivity contribution in [2.75, 3.05) is 32.7 Å². The number of hydrogen-bond donors (Lipinski definition) is 0. The molecule has 4 rings (SSSR count). The second-order valence-corrected chi connectivity index (χ2v) is 9.27. The van der Waals surface area contributed by atoms with Crippen molar-refractivity contribution in [3.05, 3.63) is 78.1 Å². The zero-order valence-corrected chi connectivity index (χ0v) is 18.8. The summed E-state index contributed by atoms with van der Waals surface area (Å²) in [7, 11) is 0. The highest BCUT2D eigenvalue weighted by Gasteiger charge is 2.23. The Bertz CT molecular complexity index is 994. The summed E-state index contributed by atoms with van der Waals surface area (Å²) in [4.78, 5) is 21.9. The number of hydrogen-bond acceptors (Lipinski definition) is 3. The Morgan fingerprint density at radius 3 is 2.23 bits per heavy atom. The number of aromatic nitrogens is 2. The van der Waals surface area contributed by atoms with Gasteiger partial charge in [0.2, 0.25) is 0 Å². The minimum absolute atomic E-state index is 0.100. The van der Waals surface area contributed by atoms with Crippen molar-refractivity contribution in [3.63, 3.8) is 0 Å². The fourth-order valence-electron chi connectivity index (χ4n) is 4.06. The lowest BCUT2D eigenvalue weighted by Gasteiger charge is -2.35. The first-order chi connectivity index (χ1) is 14.9. The van der Waals surface area contributed by atoms with Gasteiger partial charge in [-0.3, -0.25) is 9.69 Å². The van der Waals surface area contributed by atoms with Gasteiger partial charge in [0.15, 0.2) is 0 Å². The second-order valence-electron chi connectivity index (χ2n) is 9.27. The number of carbonyl (C=O) groups excluding carboxylic acids is 1. The van der Waals surface area contributed by atoms with Crippen LogP contribution in [-0.4, -0.2) is 58.0 Å². The van der Waals surface area contributed by atoms with E-state index in [1.165, 1.54) is 5.56 Å². The van der Waals surface area contributed by atoms with Gasteiger partial charge in [-0.05, 0) is 23.1 Å². The molecule has 0 spiro atoms. The van der Waals surface area contributed by atoms with Gasteiger partial charge in [0.05, 0.1) is 0 Å². The van der Waals surface area contributed by atoms with Gasteiger partial charge < -0.3 is 9.47 Å². The minimum Gasteiger partial charge on any atom is -0.336 e. The number of nitrogens with zero attached hydrogens (tertiary/aromatic N) is 4. The molecule has 5 nitrogen and oxygen atoms in total. The summed E-state index contributed by atoms with van der Waals surface area (Å²) in [5, 5.41) is 0. The standard InChI is InChI=1S/C26H32N4O/c1-26(2,3)23-11-9-22(10-12-23)25(31)30-19-16-28(17-20-30)15-18-29-14-13-27-24(29)21-7-5-4-6-8-21/h4-14H,15-20H2,1-3H3. The molecule has 3 aromatic rings. The Kier molecular flexibility index (Phi) is 6.23. The average molecular weight is 417 g/mol. The van der Waals surface area contributed by atoms with E-state index in [1.54, 1.807) is 0 Å². The van der Waals surface area contributed by atoms with Crippen molar-refractivity contribution in [2.24, 2.45) is 0 Å². The zero-order valence-electron chi connectivity index (χ0n) is 18.8. The van der Waals surface area contributed by atoms with E-state index < -0.39 is 0 Å². The maximum Gasteiger partial charge on any atom is 0.253 e. The lowest BCUT2D eigenvalue weighted by molar-refractivity contribution is 0.0633. The maximum absolute atomic E-state index is 12.9. The fraction of sp³-hybridized carbons (Fsp3) is 0.385. The van der Waals surface area contributed by atoms with Crippen molar-refractivity contribution in [3.8, 4) is 11.4 Å². The minimum atomic E-state index is 0.100. The predicted octanol–water partition coefficient (Wildman–Crippen LogP) is 4.31. The molecule has 1 aliphatic rings. The van der Waals surface area contributed by atoms with Gasteiger partial charge >= 0.3 is 0 Å². The van der Waals surface area contributed by atoms with E-state index in [1.807, 2.05) is 47.6 Å². The highest BCUT2D eigenvalue weighted by molar-refractivity contribution is 5.94. The van der Waals surface area contributed by atoms with E-state index >= 15 is 0 Å². The monoisotopic (exact) mass is 416 g/mol. The van der Waals surface area contributed by atoms with Crippen molar-refractivity contribution in [2.45, 2.75) is 32.7 Å². The molecule has 0 saturated carbocycles. The molecular weight excluding hydrogens is 384 g/mol. The van der Waals surface area contributed by atoms with Crippen LogP contribution in [0.5, 0.6) is 0 Å². The van der Waals surface area contributed by atoms with Crippen LogP contribution < -0.4 is 0 Å². The summed E-state index contributed by atoms with van der Waals surface area (Å²) in [6.07, 6.45) is 3.91. The first-order valence-electron chi connectivity index (χ1n) is 11.1. The summed E-state index contributed by atoms with van der Waals surface area (Å²) in [6, 6.07) is 18.4. The summed E-state index contributed by atoms with van der Waals surface area (Å²) in [6.45, 7) is 11.8. The number of imidazole rings is 1. The Morgan fingerprint density at radius 2 is 1.58 bits per heavy atom. The molecule has 0 unspecified atom stereocenters. The Labute approximate surface area is 185 Å². The number of piperazine rings is 1. The maximum atomic E-state index is 12.9. The van der Waals surface area contributed by atoms with E-state index in [2.05, 4.69) is 59.5 Å². The summed E-state index contributed by atoms with van der Waals surface area (Å²) in [5.74, 6) is 1.15. The third-order valence-electron chi connectivity index (χ3n) is 6.06. The van der Waals surface area contributed by atoms with Crippen LogP contribution in [0.2, 0.25) is 0 Å². The Hall–Kier alpha value is -2.92. The van der Waals surface area contributed by atoms with E-state index in [-0.39, 0.29) is 11.3 Å². The van der Waals surface area contributed by atoms with Crippen molar-refractivity contribution in [1.82, 2.24) is 19.4 Å². The van der Waals surface area contributed by atoms with Crippen LogP contribution in [0.3, 0.4) is 0 Å². The zero-order chi connectivity index (χ0) is 21.8. The summed E-state index contributed by atoms with van der Waals surface area (Å²) < 4.78 is 2.21. The molecule has 2 aromatic carbocycles. The van der Waals surface area contributed by atoms with Gasteiger partial charge in [-0.1, -0.05) is 63.2 Å². The number of carbonyl (C=O) groups is 1. The Morgan fingerprint density at radius 1 is 0.903 bits per heavy atom. The molecular formula is C26H32N4O. The van der Waals surface area contributed by atoms with Gasteiger partial charge in [0, 0.05) is 62.8 Å². The van der Waals surface area contributed by atoms with Gasteiger partial charge in [0.1, 0.15) is 5.82 Å². The SMILES string of the molecule is CC(C)(C)c1ccc(C(=O)N2CCN(CCn3ccnc3-c3ccccc3)CC2)cc1. The van der Waals surface area contributed by atoms with Crippen LogP contribution in [0.4, 0.5) is 0 Å². The third-order valence-corrected chi connectivity index (χ3v) is 6.06. The van der Waals surface area contributed by atoms with Crippen molar-refractivity contribution in [1.29, 1.82) is 0 Å². The van der Waals surface area contributed by atoms with E-state index in [9.17, 15) is 4.79 Å². The fourth-order valence-corrected chi connectivity index (χ4v) is 4.06. The van der Waals surface area contributed by atoms with E-state index in [4.69, 9.17) is 0 Å². The quantitative estimate of drug-likeness (QED) is 0.623. The average Bonchev–Trinajstić information content (AvgIpc) is 3.26. The molecule has 162 valence electrons. The number of benzene rings is 2. The van der Waals surface area contributed by atoms with Gasteiger partial charge in [-0.2, -0.15) is 0 Å². The van der Waals surface area contributed by atoms with Crippen molar-refractivity contribution >= 4 is 5.91 Å². The lowest BCUT2D eigenvalue weighted by atomic mass is 9.86. The molecule has 2 heterocycles. The molecule has 0 atom stereocenters. The normalized spacial score (nSPS) is 15.3. The third kappa shape index (κ3) is 5.05. The number of rotatable bonds is 5. The first kappa shape index (κ1) is 21.3. The first-order valence-corrected chi connectivity index (χ1v) is 11.1. The molecule has 1 aromatic heterocycles. The van der Waals surface area contributed by atoms with E-state index in [0.717, 1.165) is 56.2 Å².